The van der Waals surface area contributed by atoms with Gasteiger partial charge in [0.2, 0.25) is 11.8 Å². The number of amides is 2. The Morgan fingerprint density at radius 2 is 1.64 bits per heavy atom. The standard InChI is InChI=1S/C27H44N4O4S/c1-20-14-24(35-5)15-21(2)27(20)36(34)30(4)19-25(32)28-16-26(33)29(3)17-22-8-10-23(11-9-22)18-31-12-6-7-13-31/h14-15,22-23H,6-13,16-19H2,1-5H3,(H,28,32). The van der Waals surface area contributed by atoms with Gasteiger partial charge in [-0.2, -0.15) is 0 Å². The second kappa shape index (κ2) is 13.5. The van der Waals surface area contributed by atoms with Gasteiger partial charge in [0.05, 0.1) is 25.1 Å². The highest BCUT2D eigenvalue weighted by atomic mass is 32.2. The predicted molar refractivity (Wildman–Crippen MR) is 143 cm³/mol. The summed E-state index contributed by atoms with van der Waals surface area (Å²) in [7, 11) is 3.57. The summed E-state index contributed by atoms with van der Waals surface area (Å²) in [6.45, 7) is 8.16. The molecular weight excluding hydrogens is 476 g/mol. The van der Waals surface area contributed by atoms with Gasteiger partial charge in [0.1, 0.15) is 16.7 Å². The van der Waals surface area contributed by atoms with E-state index in [1.165, 1.54) is 62.5 Å². The van der Waals surface area contributed by atoms with E-state index in [1.807, 2.05) is 33.0 Å². The molecule has 1 aromatic rings. The van der Waals surface area contributed by atoms with Crippen LogP contribution in [-0.4, -0.2) is 90.6 Å². The van der Waals surface area contributed by atoms with Gasteiger partial charge in [0.15, 0.2) is 0 Å². The highest BCUT2D eigenvalue weighted by Gasteiger charge is 2.26. The number of carbonyl (C=O) groups is 2. The van der Waals surface area contributed by atoms with Crippen LogP contribution >= 0.6 is 0 Å². The molecule has 202 valence electrons. The van der Waals surface area contributed by atoms with E-state index in [2.05, 4.69) is 10.2 Å². The number of hydrogen-bond acceptors (Lipinski definition) is 5. The third kappa shape index (κ3) is 8.02. The molecule has 3 rings (SSSR count). The van der Waals surface area contributed by atoms with Crippen LogP contribution in [0.3, 0.4) is 0 Å². The van der Waals surface area contributed by atoms with Crippen LogP contribution in [0.1, 0.15) is 49.7 Å². The van der Waals surface area contributed by atoms with Crippen LogP contribution in [0.25, 0.3) is 0 Å². The van der Waals surface area contributed by atoms with Gasteiger partial charge in [0.25, 0.3) is 0 Å². The first-order valence-corrected chi connectivity index (χ1v) is 14.3. The zero-order valence-corrected chi connectivity index (χ0v) is 23.5. The Balaban J connectivity index is 1.38. The third-order valence-corrected chi connectivity index (χ3v) is 9.26. The lowest BCUT2D eigenvalue weighted by Gasteiger charge is -2.33. The Morgan fingerprint density at radius 3 is 2.22 bits per heavy atom. The van der Waals surface area contributed by atoms with Crippen molar-refractivity contribution in [3.8, 4) is 5.75 Å². The average molecular weight is 521 g/mol. The fraction of sp³-hybridized carbons (Fsp3) is 0.704. The van der Waals surface area contributed by atoms with Crippen LogP contribution in [-0.2, 0) is 20.6 Å². The minimum absolute atomic E-state index is 0.0410. The molecule has 36 heavy (non-hydrogen) atoms. The van der Waals surface area contributed by atoms with Crippen LogP contribution < -0.4 is 10.1 Å². The van der Waals surface area contributed by atoms with Gasteiger partial charge < -0.3 is 19.9 Å². The molecule has 2 fully saturated rings. The van der Waals surface area contributed by atoms with Gasteiger partial charge in [-0.25, -0.2) is 8.51 Å². The Morgan fingerprint density at radius 1 is 1.06 bits per heavy atom. The summed E-state index contributed by atoms with van der Waals surface area (Å²) in [5.74, 6) is 1.64. The summed E-state index contributed by atoms with van der Waals surface area (Å²) >= 11 is 0. The Bertz CT molecular complexity index is 903. The largest absolute Gasteiger partial charge is 0.497 e. The lowest BCUT2D eigenvalue weighted by Crippen LogP contribution is -2.43. The number of rotatable bonds is 11. The average Bonchev–Trinajstić information content (AvgIpc) is 3.36. The van der Waals surface area contributed by atoms with Gasteiger partial charge >= 0.3 is 0 Å². The molecule has 1 aliphatic heterocycles. The van der Waals surface area contributed by atoms with Crippen molar-refractivity contribution in [1.29, 1.82) is 0 Å². The first-order chi connectivity index (χ1) is 17.2. The summed E-state index contributed by atoms with van der Waals surface area (Å²) in [5, 5.41) is 2.70. The Hall–Kier alpha value is -1.97. The van der Waals surface area contributed by atoms with Gasteiger partial charge in [-0.3, -0.25) is 9.59 Å². The molecule has 1 saturated heterocycles. The van der Waals surface area contributed by atoms with E-state index in [1.54, 1.807) is 19.1 Å². The summed E-state index contributed by atoms with van der Waals surface area (Å²) in [4.78, 5) is 30.1. The molecule has 1 aliphatic carbocycles. The number of carbonyl (C=O) groups excluding carboxylic acids is 2. The molecule has 9 heteroatoms. The second-order valence-electron chi connectivity index (χ2n) is 10.6. The normalized spacial score (nSPS) is 21.4. The van der Waals surface area contributed by atoms with E-state index in [4.69, 9.17) is 4.74 Å². The quantitative estimate of drug-likeness (QED) is 0.485. The van der Waals surface area contributed by atoms with Crippen molar-refractivity contribution in [3.63, 3.8) is 0 Å². The smallest absolute Gasteiger partial charge is 0.241 e. The second-order valence-corrected chi connectivity index (χ2v) is 12.1. The number of likely N-dealkylation sites (tertiary alicyclic amines) is 1. The van der Waals surface area contributed by atoms with Crippen LogP contribution in [0, 0.1) is 25.7 Å². The van der Waals surface area contributed by atoms with E-state index in [9.17, 15) is 13.8 Å². The molecule has 0 aromatic heterocycles. The molecule has 1 N–H and O–H groups in total. The zero-order valence-electron chi connectivity index (χ0n) is 22.7. The van der Waals surface area contributed by atoms with Gasteiger partial charge in [-0.05, 0) is 101 Å². The first-order valence-electron chi connectivity index (χ1n) is 13.2. The van der Waals surface area contributed by atoms with E-state index < -0.39 is 11.0 Å². The highest BCUT2D eigenvalue weighted by molar-refractivity contribution is 7.82. The molecule has 1 heterocycles. The summed E-state index contributed by atoms with van der Waals surface area (Å²) in [6.07, 6.45) is 7.52. The molecule has 1 saturated carbocycles. The molecule has 0 radical (unpaired) electrons. The lowest BCUT2D eigenvalue weighted by atomic mass is 9.81. The van der Waals surface area contributed by atoms with Crippen molar-refractivity contribution in [2.45, 2.75) is 57.3 Å². The van der Waals surface area contributed by atoms with E-state index >= 15 is 0 Å². The maximum absolute atomic E-state index is 13.0. The fourth-order valence-electron chi connectivity index (χ4n) is 5.50. The van der Waals surface area contributed by atoms with Gasteiger partial charge in [-0.1, -0.05) is 0 Å². The van der Waals surface area contributed by atoms with Crippen LogP contribution in [0.5, 0.6) is 5.75 Å². The van der Waals surface area contributed by atoms with Crippen LogP contribution in [0.15, 0.2) is 17.0 Å². The van der Waals surface area contributed by atoms with Crippen molar-refractivity contribution in [2.75, 3.05) is 60.5 Å². The number of hydrogen-bond donors (Lipinski definition) is 1. The maximum atomic E-state index is 13.0. The SMILES string of the molecule is COc1cc(C)c(S(=O)N(C)CC(=O)NCC(=O)N(C)CC2CCC(CN3CCCC3)CC2)c(C)c1. The molecular formula is C27H44N4O4S. The van der Waals surface area contributed by atoms with Crippen molar-refractivity contribution >= 4 is 22.8 Å². The number of benzene rings is 1. The van der Waals surface area contributed by atoms with Crippen LogP contribution in [0.2, 0.25) is 0 Å². The Labute approximate surface area is 219 Å². The molecule has 2 aliphatic rings. The minimum atomic E-state index is -1.50. The van der Waals surface area contributed by atoms with E-state index in [0.29, 0.717) is 16.6 Å². The van der Waals surface area contributed by atoms with Gasteiger partial charge in [0, 0.05) is 27.2 Å². The number of ether oxygens (including phenoxy) is 1. The molecule has 1 unspecified atom stereocenters. The molecule has 1 aromatic carbocycles. The fourth-order valence-corrected chi connectivity index (χ4v) is 6.72. The lowest BCUT2D eigenvalue weighted by molar-refractivity contribution is -0.132. The third-order valence-electron chi connectivity index (χ3n) is 7.57. The number of likely N-dealkylation sites (N-methyl/N-ethyl adjacent to an activating group) is 2. The number of nitrogens with one attached hydrogen (secondary N) is 1. The van der Waals surface area contributed by atoms with E-state index in [0.717, 1.165) is 23.6 Å². The topological polar surface area (TPSA) is 82.2 Å². The molecule has 0 bridgehead atoms. The van der Waals surface area contributed by atoms with Crippen molar-refractivity contribution in [1.82, 2.24) is 19.4 Å². The molecule has 8 nitrogen and oxygen atoms in total. The predicted octanol–water partition coefficient (Wildman–Crippen LogP) is 2.74. The number of aryl methyl sites for hydroxylation is 2. The monoisotopic (exact) mass is 520 g/mol. The van der Waals surface area contributed by atoms with Gasteiger partial charge in [-0.15, -0.1) is 0 Å². The molecule has 0 spiro atoms. The Kier molecular flexibility index (Phi) is 10.8. The highest BCUT2D eigenvalue weighted by Crippen LogP contribution is 2.30. The summed E-state index contributed by atoms with van der Waals surface area (Å²) < 4.78 is 19.8. The first kappa shape index (κ1) is 28.6. The zero-order chi connectivity index (χ0) is 26.2. The van der Waals surface area contributed by atoms with Crippen LogP contribution in [0.4, 0.5) is 0 Å². The summed E-state index contributed by atoms with van der Waals surface area (Å²) in [6, 6.07) is 3.67. The van der Waals surface area contributed by atoms with E-state index in [-0.39, 0.29) is 24.9 Å². The van der Waals surface area contributed by atoms with Crippen molar-refractivity contribution in [3.05, 3.63) is 23.3 Å². The summed E-state index contributed by atoms with van der Waals surface area (Å²) in [5.41, 5.74) is 1.69. The maximum Gasteiger partial charge on any atom is 0.241 e. The molecule has 1 atom stereocenters. The number of methoxy groups -OCH3 is 1. The number of nitrogens with zero attached hydrogens (tertiary/aromatic N) is 3. The van der Waals surface area contributed by atoms with Crippen molar-refractivity contribution in [2.24, 2.45) is 11.8 Å². The minimum Gasteiger partial charge on any atom is -0.497 e. The molecule has 2 amide bonds. The van der Waals surface area contributed by atoms with Crippen molar-refractivity contribution < 1.29 is 18.5 Å².